The fourth-order valence-electron chi connectivity index (χ4n) is 2.89. The second kappa shape index (κ2) is 11.8. The number of nitrogens with zero attached hydrogens (tertiary/aromatic N) is 2. The van der Waals surface area contributed by atoms with Crippen LogP contribution in [0.5, 0.6) is 0 Å². The van der Waals surface area contributed by atoms with Gasteiger partial charge >= 0.3 is 0 Å². The first-order chi connectivity index (χ1) is 15.6. The zero-order valence-corrected chi connectivity index (χ0v) is 18.2. The van der Waals surface area contributed by atoms with Crippen LogP contribution >= 0.6 is 0 Å². The Morgan fingerprint density at radius 3 is 1.88 bits per heavy atom. The molecule has 0 fully saturated rings. The Kier molecular flexibility index (Phi) is 8.28. The van der Waals surface area contributed by atoms with E-state index < -0.39 is 0 Å². The van der Waals surface area contributed by atoms with Crippen molar-refractivity contribution in [3.63, 3.8) is 0 Å². The zero-order valence-electron chi connectivity index (χ0n) is 18.2. The first-order valence-corrected chi connectivity index (χ1v) is 10.3. The molecule has 0 aliphatic heterocycles. The number of allylic oxidation sites excluding steroid dienone is 2. The molecule has 0 aliphatic rings. The molecule has 0 unspecified atom stereocenters. The third-order valence-corrected chi connectivity index (χ3v) is 4.41. The number of hydrogen-bond donors (Lipinski definition) is 2. The largest absolute Gasteiger partial charge is 0.278 e. The maximum atomic E-state index is 12.4. The van der Waals surface area contributed by atoms with Crippen molar-refractivity contribution < 1.29 is 4.79 Å². The molecular weight excluding hydrogens is 396 g/mol. The topological polar surface area (TPSA) is 65.8 Å². The first kappa shape index (κ1) is 22.4. The number of nitrogens with one attached hydrogen (secondary N) is 2. The van der Waals surface area contributed by atoms with Crippen LogP contribution in [0, 0.1) is 0 Å². The molecule has 2 N–H and O–H groups in total. The number of anilines is 1. The van der Waals surface area contributed by atoms with E-state index >= 15 is 0 Å². The first-order valence-electron chi connectivity index (χ1n) is 10.3. The van der Waals surface area contributed by atoms with Gasteiger partial charge < -0.3 is 0 Å². The standard InChI is InChI=1S/C27H26N4O/c1-21(16-23-10-5-3-6-11-23)19-28-30-26-15-9-14-25(18-26)27(32)31-29-20-22(2)17-24-12-7-4-8-13-24/h3-20,30H,1-2H3,(H,31,32). The van der Waals surface area contributed by atoms with Crippen LogP contribution in [0.25, 0.3) is 12.2 Å². The Bertz CT molecular complexity index is 1150. The molecule has 0 radical (unpaired) electrons. The number of carbonyl (C=O) groups is 1. The molecule has 0 saturated heterocycles. The predicted octanol–water partition coefficient (Wildman–Crippen LogP) is 6.01. The van der Waals surface area contributed by atoms with Gasteiger partial charge in [0.1, 0.15) is 0 Å². The SMILES string of the molecule is CC(C=NNC(=O)c1cccc(NN=CC(C)=Cc2ccccc2)c1)=Cc1ccccc1. The van der Waals surface area contributed by atoms with E-state index in [2.05, 4.69) is 21.1 Å². The van der Waals surface area contributed by atoms with E-state index in [1.54, 1.807) is 30.6 Å². The average Bonchev–Trinajstić information content (AvgIpc) is 2.80. The Hall–Kier alpha value is -4.25. The van der Waals surface area contributed by atoms with Crippen molar-refractivity contribution >= 4 is 36.2 Å². The highest BCUT2D eigenvalue weighted by Gasteiger charge is 2.04. The lowest BCUT2D eigenvalue weighted by Gasteiger charge is -2.04. The smallest absolute Gasteiger partial charge is 0.271 e. The van der Waals surface area contributed by atoms with Gasteiger partial charge in [-0.2, -0.15) is 10.2 Å². The molecule has 3 rings (SSSR count). The average molecular weight is 423 g/mol. The maximum Gasteiger partial charge on any atom is 0.271 e. The summed E-state index contributed by atoms with van der Waals surface area (Å²) in [4.78, 5) is 12.4. The Labute approximate surface area is 188 Å². The van der Waals surface area contributed by atoms with Gasteiger partial charge in [-0.05, 0) is 54.3 Å². The van der Waals surface area contributed by atoms with Gasteiger partial charge in [0.05, 0.1) is 18.1 Å². The Morgan fingerprint density at radius 2 is 1.28 bits per heavy atom. The summed E-state index contributed by atoms with van der Waals surface area (Å²) in [5, 5.41) is 8.30. The summed E-state index contributed by atoms with van der Waals surface area (Å²) in [5.41, 5.74) is 10.9. The van der Waals surface area contributed by atoms with Crippen molar-refractivity contribution in [2.75, 3.05) is 5.43 Å². The molecule has 0 saturated carbocycles. The minimum absolute atomic E-state index is 0.290. The second-order valence-corrected chi connectivity index (χ2v) is 7.25. The molecule has 32 heavy (non-hydrogen) atoms. The summed E-state index contributed by atoms with van der Waals surface area (Å²) in [7, 11) is 0. The van der Waals surface area contributed by atoms with Gasteiger partial charge in [0, 0.05) is 5.56 Å². The lowest BCUT2D eigenvalue weighted by atomic mass is 10.1. The molecule has 0 bridgehead atoms. The number of amides is 1. The number of rotatable bonds is 8. The molecule has 0 atom stereocenters. The van der Waals surface area contributed by atoms with Crippen LogP contribution in [0.1, 0.15) is 35.3 Å². The van der Waals surface area contributed by atoms with Gasteiger partial charge in [0.2, 0.25) is 0 Å². The van der Waals surface area contributed by atoms with Gasteiger partial charge in [-0.3, -0.25) is 10.2 Å². The molecule has 5 heteroatoms. The summed E-state index contributed by atoms with van der Waals surface area (Å²) in [6.07, 6.45) is 7.40. The maximum absolute atomic E-state index is 12.4. The fourth-order valence-corrected chi connectivity index (χ4v) is 2.89. The zero-order chi connectivity index (χ0) is 22.6. The quantitative estimate of drug-likeness (QED) is 0.345. The van der Waals surface area contributed by atoms with Gasteiger partial charge in [-0.25, -0.2) is 5.43 Å². The van der Waals surface area contributed by atoms with Crippen LogP contribution in [0.15, 0.2) is 106 Å². The molecule has 0 aliphatic carbocycles. The number of carbonyl (C=O) groups excluding carboxylic acids is 1. The second-order valence-electron chi connectivity index (χ2n) is 7.25. The molecular formula is C27H26N4O. The molecule has 160 valence electrons. The minimum atomic E-state index is -0.290. The summed E-state index contributed by atoms with van der Waals surface area (Å²) >= 11 is 0. The molecule has 3 aromatic rings. The van der Waals surface area contributed by atoms with E-state index in [1.165, 1.54) is 0 Å². The van der Waals surface area contributed by atoms with Crippen molar-refractivity contribution in [3.8, 4) is 0 Å². The van der Waals surface area contributed by atoms with Crippen LogP contribution in [0.3, 0.4) is 0 Å². The van der Waals surface area contributed by atoms with E-state index in [9.17, 15) is 4.79 Å². The van der Waals surface area contributed by atoms with Crippen molar-refractivity contribution in [1.29, 1.82) is 0 Å². The predicted molar refractivity (Wildman–Crippen MR) is 135 cm³/mol. The van der Waals surface area contributed by atoms with E-state index in [4.69, 9.17) is 0 Å². The lowest BCUT2D eigenvalue weighted by molar-refractivity contribution is 0.0955. The van der Waals surface area contributed by atoms with Crippen LogP contribution in [0.4, 0.5) is 5.69 Å². The van der Waals surface area contributed by atoms with Crippen molar-refractivity contribution in [1.82, 2.24) is 5.43 Å². The van der Waals surface area contributed by atoms with E-state index in [1.807, 2.05) is 92.7 Å². The monoisotopic (exact) mass is 422 g/mol. The minimum Gasteiger partial charge on any atom is -0.278 e. The lowest BCUT2D eigenvalue weighted by Crippen LogP contribution is -2.17. The van der Waals surface area contributed by atoms with Crippen LogP contribution in [0.2, 0.25) is 0 Å². The molecule has 3 aromatic carbocycles. The Morgan fingerprint density at radius 1 is 0.719 bits per heavy atom. The van der Waals surface area contributed by atoms with Crippen molar-refractivity contribution in [3.05, 3.63) is 113 Å². The van der Waals surface area contributed by atoms with Crippen molar-refractivity contribution in [2.45, 2.75) is 13.8 Å². The van der Waals surface area contributed by atoms with E-state index in [-0.39, 0.29) is 5.91 Å². The molecule has 0 heterocycles. The van der Waals surface area contributed by atoms with E-state index in [0.29, 0.717) is 11.3 Å². The number of benzene rings is 3. The van der Waals surface area contributed by atoms with Gasteiger partial charge in [-0.15, -0.1) is 0 Å². The van der Waals surface area contributed by atoms with E-state index in [0.717, 1.165) is 22.3 Å². The number of hydrazone groups is 2. The molecule has 0 spiro atoms. The normalized spacial score (nSPS) is 12.3. The van der Waals surface area contributed by atoms with Gasteiger partial charge in [-0.1, -0.05) is 78.9 Å². The molecule has 5 nitrogen and oxygen atoms in total. The third kappa shape index (κ3) is 7.54. The highest BCUT2D eigenvalue weighted by molar-refractivity contribution is 5.96. The summed E-state index contributed by atoms with van der Waals surface area (Å²) in [6, 6.07) is 27.1. The summed E-state index contributed by atoms with van der Waals surface area (Å²) < 4.78 is 0. The fraction of sp³-hybridized carbons (Fsp3) is 0.0741. The number of hydrogen-bond acceptors (Lipinski definition) is 4. The van der Waals surface area contributed by atoms with Crippen LogP contribution in [-0.4, -0.2) is 18.3 Å². The highest BCUT2D eigenvalue weighted by atomic mass is 16.2. The van der Waals surface area contributed by atoms with Gasteiger partial charge in [0.15, 0.2) is 0 Å². The highest BCUT2D eigenvalue weighted by Crippen LogP contribution is 2.11. The molecule has 1 amide bonds. The van der Waals surface area contributed by atoms with Crippen molar-refractivity contribution in [2.24, 2.45) is 10.2 Å². The third-order valence-electron chi connectivity index (χ3n) is 4.41. The van der Waals surface area contributed by atoms with Crippen LogP contribution < -0.4 is 10.9 Å². The molecule has 0 aromatic heterocycles. The van der Waals surface area contributed by atoms with Gasteiger partial charge in [0.25, 0.3) is 5.91 Å². The summed E-state index contributed by atoms with van der Waals surface area (Å²) in [6.45, 7) is 3.91. The van der Waals surface area contributed by atoms with Crippen LogP contribution in [-0.2, 0) is 0 Å². The Balaban J connectivity index is 1.55. The summed E-state index contributed by atoms with van der Waals surface area (Å²) in [5.74, 6) is -0.290.